The van der Waals surface area contributed by atoms with Gasteiger partial charge in [-0.2, -0.15) is 0 Å². The smallest absolute Gasteiger partial charge is 0.326 e. The highest BCUT2D eigenvalue weighted by atomic mass is 35.5. The summed E-state index contributed by atoms with van der Waals surface area (Å²) in [6.07, 6.45) is 2.86. The van der Waals surface area contributed by atoms with E-state index in [-0.39, 0.29) is 10.6 Å². The zero-order valence-corrected chi connectivity index (χ0v) is 11.6. The molecule has 1 unspecified atom stereocenters. The van der Waals surface area contributed by atoms with Crippen LogP contribution in [0.4, 0.5) is 4.39 Å². The average Bonchev–Trinajstić information content (AvgIpc) is 2.63. The van der Waals surface area contributed by atoms with Crippen molar-refractivity contribution in [3.05, 3.63) is 34.6 Å². The van der Waals surface area contributed by atoms with E-state index in [1.165, 1.54) is 11.0 Å². The molecule has 1 N–H and O–H groups in total. The van der Waals surface area contributed by atoms with Gasteiger partial charge in [0.05, 0.1) is 10.6 Å². The molecule has 1 heterocycles. The lowest BCUT2D eigenvalue weighted by molar-refractivity contribution is -0.142. The zero-order valence-electron chi connectivity index (χ0n) is 10.8. The number of halogens is 2. The number of rotatable bonds is 2. The summed E-state index contributed by atoms with van der Waals surface area (Å²) in [5, 5.41) is 9.26. The molecule has 0 radical (unpaired) electrons. The summed E-state index contributed by atoms with van der Waals surface area (Å²) in [5.41, 5.74) is 0.140. The molecule has 0 bridgehead atoms. The van der Waals surface area contributed by atoms with Crippen molar-refractivity contribution in [2.45, 2.75) is 31.7 Å². The van der Waals surface area contributed by atoms with E-state index in [1.807, 2.05) is 0 Å². The molecule has 6 heteroatoms. The van der Waals surface area contributed by atoms with Crippen molar-refractivity contribution in [1.82, 2.24) is 4.90 Å². The maximum Gasteiger partial charge on any atom is 0.326 e. The van der Waals surface area contributed by atoms with Gasteiger partial charge >= 0.3 is 5.97 Å². The SMILES string of the molecule is O=C(O)C1CCCCCN1C(=O)c1ccc(F)cc1Cl. The fraction of sp³-hybridized carbons (Fsp3) is 0.429. The Morgan fingerprint density at radius 1 is 1.30 bits per heavy atom. The summed E-state index contributed by atoms with van der Waals surface area (Å²) in [7, 11) is 0. The second-order valence-electron chi connectivity index (χ2n) is 4.83. The van der Waals surface area contributed by atoms with Gasteiger partial charge in [0, 0.05) is 6.54 Å². The number of carbonyl (C=O) groups is 2. The lowest BCUT2D eigenvalue weighted by atomic mass is 10.1. The minimum absolute atomic E-state index is 0.00313. The van der Waals surface area contributed by atoms with Crippen molar-refractivity contribution in [3.8, 4) is 0 Å². The monoisotopic (exact) mass is 299 g/mol. The summed E-state index contributed by atoms with van der Waals surface area (Å²) in [5.74, 6) is -2.00. The summed E-state index contributed by atoms with van der Waals surface area (Å²) < 4.78 is 13.0. The quantitative estimate of drug-likeness (QED) is 0.913. The normalized spacial score (nSPS) is 19.5. The molecule has 0 spiro atoms. The molecule has 1 aromatic rings. The Kier molecular flexibility index (Phi) is 4.60. The van der Waals surface area contributed by atoms with Crippen molar-refractivity contribution in [2.75, 3.05) is 6.54 Å². The van der Waals surface area contributed by atoms with E-state index >= 15 is 0 Å². The van der Waals surface area contributed by atoms with Gasteiger partial charge in [-0.15, -0.1) is 0 Å². The summed E-state index contributed by atoms with van der Waals surface area (Å²) >= 11 is 5.88. The highest BCUT2D eigenvalue weighted by molar-refractivity contribution is 6.33. The van der Waals surface area contributed by atoms with E-state index in [2.05, 4.69) is 0 Å². The lowest BCUT2D eigenvalue weighted by Crippen LogP contribution is -2.44. The van der Waals surface area contributed by atoms with Gasteiger partial charge < -0.3 is 10.0 Å². The average molecular weight is 300 g/mol. The Balaban J connectivity index is 2.31. The van der Waals surface area contributed by atoms with E-state index in [4.69, 9.17) is 11.6 Å². The molecule has 4 nitrogen and oxygen atoms in total. The molecule has 1 aliphatic rings. The fourth-order valence-electron chi connectivity index (χ4n) is 2.43. The Hall–Kier alpha value is -1.62. The first kappa shape index (κ1) is 14.8. The maximum absolute atomic E-state index is 13.0. The lowest BCUT2D eigenvalue weighted by Gasteiger charge is -2.27. The topological polar surface area (TPSA) is 57.6 Å². The molecule has 0 aromatic heterocycles. The van der Waals surface area contributed by atoms with Crippen LogP contribution in [0.15, 0.2) is 18.2 Å². The predicted molar refractivity (Wildman–Crippen MR) is 72.3 cm³/mol. The Morgan fingerprint density at radius 3 is 2.70 bits per heavy atom. The number of nitrogens with zero attached hydrogens (tertiary/aromatic N) is 1. The standard InChI is InChI=1S/C14H15ClFNO3/c15-11-8-9(16)5-6-10(11)13(18)17-7-3-1-2-4-12(17)14(19)20/h5-6,8,12H,1-4,7H2,(H,19,20). The highest BCUT2D eigenvalue weighted by Gasteiger charge is 2.32. The van der Waals surface area contributed by atoms with Crippen LogP contribution in [0.5, 0.6) is 0 Å². The van der Waals surface area contributed by atoms with Crippen LogP contribution in [0.1, 0.15) is 36.0 Å². The Bertz CT molecular complexity index is 535. The third kappa shape index (κ3) is 3.10. The molecule has 108 valence electrons. The van der Waals surface area contributed by atoms with Gasteiger partial charge in [0.25, 0.3) is 5.91 Å². The van der Waals surface area contributed by atoms with Gasteiger partial charge in [0.15, 0.2) is 0 Å². The summed E-state index contributed by atoms with van der Waals surface area (Å²) in [6.45, 7) is 0.378. The van der Waals surface area contributed by atoms with Crippen LogP contribution in [0.3, 0.4) is 0 Å². The number of aliphatic carboxylic acids is 1. The van der Waals surface area contributed by atoms with Crippen LogP contribution in [0.2, 0.25) is 5.02 Å². The molecular formula is C14H15ClFNO3. The molecule has 1 atom stereocenters. The Morgan fingerprint density at radius 2 is 2.05 bits per heavy atom. The minimum Gasteiger partial charge on any atom is -0.480 e. The van der Waals surface area contributed by atoms with Crippen molar-refractivity contribution in [1.29, 1.82) is 0 Å². The Labute approximate surface area is 121 Å². The van der Waals surface area contributed by atoms with Crippen molar-refractivity contribution >= 4 is 23.5 Å². The molecule has 0 aliphatic carbocycles. The third-order valence-corrected chi connectivity index (χ3v) is 3.77. The number of amides is 1. The first-order valence-electron chi connectivity index (χ1n) is 6.49. The number of hydrogen-bond acceptors (Lipinski definition) is 2. The summed E-state index contributed by atoms with van der Waals surface area (Å²) in [4.78, 5) is 25.1. The molecule has 0 saturated carbocycles. The molecule has 20 heavy (non-hydrogen) atoms. The predicted octanol–water partition coefficient (Wildman–Crippen LogP) is 2.95. The summed E-state index contributed by atoms with van der Waals surface area (Å²) in [6, 6.07) is 2.66. The number of benzene rings is 1. The van der Waals surface area contributed by atoms with Gasteiger partial charge in [-0.1, -0.05) is 24.4 Å². The van der Waals surface area contributed by atoms with Crippen LogP contribution in [0, 0.1) is 5.82 Å². The van der Waals surface area contributed by atoms with Crippen LogP contribution in [-0.2, 0) is 4.79 Å². The van der Waals surface area contributed by atoms with Crippen molar-refractivity contribution in [3.63, 3.8) is 0 Å². The molecule has 1 fully saturated rings. The second kappa shape index (κ2) is 6.22. The first-order valence-corrected chi connectivity index (χ1v) is 6.87. The molecule has 1 saturated heterocycles. The van der Waals surface area contributed by atoms with E-state index in [0.29, 0.717) is 13.0 Å². The molecular weight excluding hydrogens is 285 g/mol. The van der Waals surface area contributed by atoms with Crippen molar-refractivity contribution < 1.29 is 19.1 Å². The van der Waals surface area contributed by atoms with Gasteiger partial charge in [0.2, 0.25) is 0 Å². The number of carboxylic acid groups (broad SMARTS) is 1. The van der Waals surface area contributed by atoms with E-state index in [0.717, 1.165) is 31.4 Å². The van der Waals surface area contributed by atoms with Crippen LogP contribution in [-0.4, -0.2) is 34.5 Å². The number of hydrogen-bond donors (Lipinski definition) is 1. The van der Waals surface area contributed by atoms with Crippen LogP contribution in [0.25, 0.3) is 0 Å². The van der Waals surface area contributed by atoms with Gasteiger partial charge in [0.1, 0.15) is 11.9 Å². The van der Waals surface area contributed by atoms with E-state index < -0.39 is 23.7 Å². The maximum atomic E-state index is 13.0. The van der Waals surface area contributed by atoms with E-state index in [9.17, 15) is 19.1 Å². The van der Waals surface area contributed by atoms with Gasteiger partial charge in [-0.05, 0) is 31.0 Å². The largest absolute Gasteiger partial charge is 0.480 e. The fourth-order valence-corrected chi connectivity index (χ4v) is 2.67. The molecule has 2 rings (SSSR count). The van der Waals surface area contributed by atoms with Crippen molar-refractivity contribution in [2.24, 2.45) is 0 Å². The van der Waals surface area contributed by atoms with Crippen LogP contribution >= 0.6 is 11.6 Å². The van der Waals surface area contributed by atoms with Gasteiger partial charge in [-0.25, -0.2) is 9.18 Å². The van der Waals surface area contributed by atoms with Gasteiger partial charge in [-0.3, -0.25) is 4.79 Å². The first-order chi connectivity index (χ1) is 9.50. The number of carboxylic acids is 1. The van der Waals surface area contributed by atoms with Crippen LogP contribution < -0.4 is 0 Å². The zero-order chi connectivity index (χ0) is 14.7. The molecule has 1 amide bonds. The molecule has 1 aromatic carbocycles. The number of likely N-dealkylation sites (tertiary alicyclic amines) is 1. The highest BCUT2D eigenvalue weighted by Crippen LogP contribution is 2.24. The second-order valence-corrected chi connectivity index (χ2v) is 5.23. The molecule has 1 aliphatic heterocycles. The van der Waals surface area contributed by atoms with E-state index in [1.54, 1.807) is 0 Å². The number of carbonyl (C=O) groups excluding carboxylic acids is 1. The minimum atomic E-state index is -1.02. The third-order valence-electron chi connectivity index (χ3n) is 3.46.